The molecule has 2 aromatic carbocycles. The number of benzene rings is 2. The first kappa shape index (κ1) is 13.1. The normalized spacial score (nSPS) is 11.8. The van der Waals surface area contributed by atoms with Gasteiger partial charge in [-0.15, -0.1) is 0 Å². The van der Waals surface area contributed by atoms with Crippen molar-refractivity contribution in [3.05, 3.63) is 67.1 Å². The Balaban J connectivity index is 1.96. The Labute approximate surface area is 112 Å². The highest BCUT2D eigenvalue weighted by Crippen LogP contribution is 2.17. The van der Waals surface area contributed by atoms with Crippen molar-refractivity contribution in [3.8, 4) is 5.75 Å². The standard InChI is InChI=1S/C16H16NO2/c1-12(10-13-6-3-2-4-7-13)16(19)17-14-8-5-9-15(18)11-14/h2-9,11-12,18H,1,10H2,(H,17,19)/t12-/m0/s1. The van der Waals surface area contributed by atoms with E-state index in [0.29, 0.717) is 12.1 Å². The minimum absolute atomic E-state index is 0.126. The van der Waals surface area contributed by atoms with Gasteiger partial charge >= 0.3 is 0 Å². The van der Waals surface area contributed by atoms with Crippen molar-refractivity contribution in [3.63, 3.8) is 0 Å². The number of hydrogen-bond donors (Lipinski definition) is 2. The Morgan fingerprint density at radius 2 is 1.89 bits per heavy atom. The molecule has 3 nitrogen and oxygen atoms in total. The Bertz CT molecular complexity index is 552. The van der Waals surface area contributed by atoms with Crippen LogP contribution in [-0.4, -0.2) is 11.0 Å². The number of carbonyl (C=O) groups is 1. The maximum atomic E-state index is 12.0. The van der Waals surface area contributed by atoms with Crippen molar-refractivity contribution in [1.82, 2.24) is 0 Å². The van der Waals surface area contributed by atoms with Crippen LogP contribution < -0.4 is 5.32 Å². The summed E-state index contributed by atoms with van der Waals surface area (Å²) in [7, 11) is 0. The van der Waals surface area contributed by atoms with Crippen LogP contribution in [0.3, 0.4) is 0 Å². The molecule has 2 N–H and O–H groups in total. The average molecular weight is 254 g/mol. The zero-order chi connectivity index (χ0) is 13.7. The summed E-state index contributed by atoms with van der Waals surface area (Å²) in [6.45, 7) is 3.88. The number of rotatable bonds is 4. The van der Waals surface area contributed by atoms with E-state index in [1.54, 1.807) is 18.2 Å². The van der Waals surface area contributed by atoms with Crippen molar-refractivity contribution in [2.24, 2.45) is 5.92 Å². The van der Waals surface area contributed by atoms with E-state index < -0.39 is 0 Å². The monoisotopic (exact) mass is 254 g/mol. The molecule has 0 aliphatic heterocycles. The molecular weight excluding hydrogens is 238 g/mol. The number of amides is 1. The van der Waals surface area contributed by atoms with Crippen LogP contribution in [-0.2, 0) is 11.2 Å². The molecule has 0 saturated carbocycles. The average Bonchev–Trinajstić information content (AvgIpc) is 2.40. The molecule has 1 radical (unpaired) electrons. The lowest BCUT2D eigenvalue weighted by Crippen LogP contribution is -2.22. The predicted molar refractivity (Wildman–Crippen MR) is 75.7 cm³/mol. The molecule has 0 aliphatic carbocycles. The zero-order valence-corrected chi connectivity index (χ0v) is 10.5. The van der Waals surface area contributed by atoms with Gasteiger partial charge in [-0.1, -0.05) is 36.4 Å². The van der Waals surface area contributed by atoms with Crippen molar-refractivity contribution < 1.29 is 9.90 Å². The molecule has 2 rings (SSSR count). The number of phenols is 1. The minimum Gasteiger partial charge on any atom is -0.508 e. The van der Waals surface area contributed by atoms with Gasteiger partial charge in [0.1, 0.15) is 5.75 Å². The highest BCUT2D eigenvalue weighted by atomic mass is 16.3. The van der Waals surface area contributed by atoms with Crippen molar-refractivity contribution >= 4 is 11.6 Å². The van der Waals surface area contributed by atoms with E-state index in [4.69, 9.17) is 0 Å². The van der Waals surface area contributed by atoms with Crippen molar-refractivity contribution in [2.45, 2.75) is 6.42 Å². The Morgan fingerprint density at radius 3 is 2.58 bits per heavy atom. The highest BCUT2D eigenvalue weighted by Gasteiger charge is 2.13. The topological polar surface area (TPSA) is 49.3 Å². The Morgan fingerprint density at radius 1 is 1.16 bits per heavy atom. The Hall–Kier alpha value is -2.29. The van der Waals surface area contributed by atoms with Crippen LogP contribution in [0.5, 0.6) is 5.75 Å². The molecule has 0 saturated heterocycles. The largest absolute Gasteiger partial charge is 0.508 e. The third-order valence-corrected chi connectivity index (χ3v) is 2.81. The third-order valence-electron chi connectivity index (χ3n) is 2.81. The summed E-state index contributed by atoms with van der Waals surface area (Å²) in [5.41, 5.74) is 1.65. The van der Waals surface area contributed by atoms with Gasteiger partial charge in [0.15, 0.2) is 0 Å². The quantitative estimate of drug-likeness (QED) is 0.881. The fraction of sp³-hybridized carbons (Fsp3) is 0.125. The lowest BCUT2D eigenvalue weighted by atomic mass is 10.0. The molecule has 19 heavy (non-hydrogen) atoms. The SMILES string of the molecule is [CH2][C@@H](Cc1ccccc1)C(=O)Nc1cccc(O)c1. The zero-order valence-electron chi connectivity index (χ0n) is 10.5. The molecule has 0 spiro atoms. The fourth-order valence-electron chi connectivity index (χ4n) is 1.82. The second-order valence-corrected chi connectivity index (χ2v) is 4.43. The summed E-state index contributed by atoms with van der Waals surface area (Å²) < 4.78 is 0. The molecule has 0 unspecified atom stereocenters. The van der Waals surface area contributed by atoms with E-state index in [-0.39, 0.29) is 17.6 Å². The predicted octanol–water partition coefficient (Wildman–Crippen LogP) is 3.02. The van der Waals surface area contributed by atoms with Gasteiger partial charge in [0.05, 0.1) is 0 Å². The lowest BCUT2D eigenvalue weighted by molar-refractivity contribution is -0.118. The molecule has 0 fully saturated rings. The molecule has 3 heteroatoms. The van der Waals surface area contributed by atoms with Crippen LogP contribution in [0.25, 0.3) is 0 Å². The van der Waals surface area contributed by atoms with Crippen LogP contribution in [0.2, 0.25) is 0 Å². The second kappa shape index (κ2) is 6.05. The first-order valence-corrected chi connectivity index (χ1v) is 6.12. The lowest BCUT2D eigenvalue weighted by Gasteiger charge is -2.12. The number of nitrogens with one attached hydrogen (secondary N) is 1. The molecule has 0 bridgehead atoms. The first-order chi connectivity index (χ1) is 9.15. The number of carbonyl (C=O) groups excluding carboxylic acids is 1. The van der Waals surface area contributed by atoms with Crippen LogP contribution in [0.15, 0.2) is 54.6 Å². The van der Waals surface area contributed by atoms with E-state index in [1.807, 2.05) is 30.3 Å². The molecular formula is C16H16NO2. The van der Waals surface area contributed by atoms with Gasteiger partial charge in [-0.05, 0) is 31.0 Å². The van der Waals surface area contributed by atoms with Crippen molar-refractivity contribution in [2.75, 3.05) is 5.32 Å². The van der Waals surface area contributed by atoms with Gasteiger partial charge in [-0.25, -0.2) is 0 Å². The maximum absolute atomic E-state index is 12.0. The van der Waals surface area contributed by atoms with E-state index in [0.717, 1.165) is 5.56 Å². The number of aromatic hydroxyl groups is 1. The minimum atomic E-state index is -0.371. The van der Waals surface area contributed by atoms with Gasteiger partial charge in [0.2, 0.25) is 5.91 Å². The molecule has 0 aliphatic rings. The summed E-state index contributed by atoms with van der Waals surface area (Å²) in [6, 6.07) is 16.2. The van der Waals surface area contributed by atoms with E-state index >= 15 is 0 Å². The first-order valence-electron chi connectivity index (χ1n) is 6.12. The van der Waals surface area contributed by atoms with Gasteiger partial charge in [-0.3, -0.25) is 4.79 Å². The van der Waals surface area contributed by atoms with Crippen LogP contribution in [0.4, 0.5) is 5.69 Å². The van der Waals surface area contributed by atoms with E-state index in [1.165, 1.54) is 6.07 Å². The summed E-state index contributed by atoms with van der Waals surface area (Å²) in [6.07, 6.45) is 0.589. The highest BCUT2D eigenvalue weighted by molar-refractivity contribution is 5.93. The van der Waals surface area contributed by atoms with Gasteiger partial charge in [-0.2, -0.15) is 0 Å². The number of hydrogen-bond acceptors (Lipinski definition) is 2. The molecule has 1 atom stereocenters. The van der Waals surface area contributed by atoms with Crippen LogP contribution >= 0.6 is 0 Å². The van der Waals surface area contributed by atoms with E-state index in [2.05, 4.69) is 12.2 Å². The molecule has 1 amide bonds. The van der Waals surface area contributed by atoms with Gasteiger partial charge < -0.3 is 10.4 Å². The number of anilines is 1. The van der Waals surface area contributed by atoms with E-state index in [9.17, 15) is 9.90 Å². The maximum Gasteiger partial charge on any atom is 0.227 e. The summed E-state index contributed by atoms with van der Waals surface area (Å²) in [5, 5.41) is 12.1. The molecule has 97 valence electrons. The smallest absolute Gasteiger partial charge is 0.227 e. The summed E-state index contributed by atoms with van der Waals surface area (Å²) in [4.78, 5) is 12.0. The van der Waals surface area contributed by atoms with Crippen LogP contribution in [0.1, 0.15) is 5.56 Å². The van der Waals surface area contributed by atoms with Gasteiger partial charge in [0, 0.05) is 17.7 Å². The van der Waals surface area contributed by atoms with Crippen molar-refractivity contribution in [1.29, 1.82) is 0 Å². The molecule has 2 aromatic rings. The van der Waals surface area contributed by atoms with Crippen LogP contribution in [0, 0.1) is 12.8 Å². The number of phenolic OH excluding ortho intramolecular Hbond substituents is 1. The Kier molecular flexibility index (Phi) is 4.18. The third kappa shape index (κ3) is 3.85. The molecule has 0 aromatic heterocycles. The van der Waals surface area contributed by atoms with Gasteiger partial charge in [0.25, 0.3) is 0 Å². The summed E-state index contributed by atoms with van der Waals surface area (Å²) in [5.74, 6) is -0.402. The summed E-state index contributed by atoms with van der Waals surface area (Å²) >= 11 is 0. The second-order valence-electron chi connectivity index (χ2n) is 4.43. The molecule has 0 heterocycles. The fourth-order valence-corrected chi connectivity index (χ4v) is 1.82.